The van der Waals surface area contributed by atoms with Gasteiger partial charge in [-0.05, 0) is 70.3 Å². The molecule has 5 heteroatoms. The van der Waals surface area contributed by atoms with Crippen LogP contribution in [0.3, 0.4) is 0 Å². The van der Waals surface area contributed by atoms with E-state index in [1.54, 1.807) is 0 Å². The summed E-state index contributed by atoms with van der Waals surface area (Å²) in [6, 6.07) is 9.80. The standard InChI is InChI=1S/C22H37N5/c1-4-23-22(24-17-21-12-9-15-26(21)5-2)25-18(3)19-10-8-11-20(16-19)27-13-6-7-14-27/h8,10-11,16,18,21H,4-7,9,12-15,17H2,1-3H3,(H2,23,24,25). The minimum atomic E-state index is 0.233. The van der Waals surface area contributed by atoms with Crippen LogP contribution < -0.4 is 15.5 Å². The van der Waals surface area contributed by atoms with Crippen LogP contribution in [0, 0.1) is 0 Å². The lowest BCUT2D eigenvalue weighted by Crippen LogP contribution is -2.40. The number of hydrogen-bond donors (Lipinski definition) is 2. The smallest absolute Gasteiger partial charge is 0.191 e. The molecule has 27 heavy (non-hydrogen) atoms. The van der Waals surface area contributed by atoms with Gasteiger partial charge in [0.1, 0.15) is 0 Å². The van der Waals surface area contributed by atoms with Crippen molar-refractivity contribution < 1.29 is 0 Å². The van der Waals surface area contributed by atoms with E-state index in [1.165, 1.54) is 56.6 Å². The summed E-state index contributed by atoms with van der Waals surface area (Å²) in [6.45, 7) is 13.1. The van der Waals surface area contributed by atoms with Crippen LogP contribution in [0.4, 0.5) is 5.69 Å². The van der Waals surface area contributed by atoms with Gasteiger partial charge in [-0.3, -0.25) is 9.89 Å². The van der Waals surface area contributed by atoms with Gasteiger partial charge in [0, 0.05) is 31.4 Å². The summed E-state index contributed by atoms with van der Waals surface area (Å²) < 4.78 is 0. The van der Waals surface area contributed by atoms with E-state index in [4.69, 9.17) is 4.99 Å². The van der Waals surface area contributed by atoms with E-state index in [0.29, 0.717) is 6.04 Å². The monoisotopic (exact) mass is 371 g/mol. The van der Waals surface area contributed by atoms with Crippen molar-refractivity contribution in [1.82, 2.24) is 15.5 Å². The van der Waals surface area contributed by atoms with Crippen molar-refractivity contribution in [3.8, 4) is 0 Å². The lowest BCUT2D eigenvalue weighted by Gasteiger charge is -2.23. The molecule has 2 N–H and O–H groups in total. The van der Waals surface area contributed by atoms with Crippen molar-refractivity contribution in [3.63, 3.8) is 0 Å². The normalized spacial score (nSPS) is 22.3. The van der Waals surface area contributed by atoms with Gasteiger partial charge in [-0.1, -0.05) is 19.1 Å². The van der Waals surface area contributed by atoms with Crippen LogP contribution in [0.5, 0.6) is 0 Å². The number of nitrogens with zero attached hydrogens (tertiary/aromatic N) is 3. The van der Waals surface area contributed by atoms with Crippen molar-refractivity contribution in [2.45, 2.75) is 58.5 Å². The van der Waals surface area contributed by atoms with Gasteiger partial charge in [-0.2, -0.15) is 0 Å². The zero-order chi connectivity index (χ0) is 19.1. The summed E-state index contributed by atoms with van der Waals surface area (Å²) in [5, 5.41) is 7.03. The molecule has 0 spiro atoms. The zero-order valence-corrected chi connectivity index (χ0v) is 17.4. The number of hydrogen-bond acceptors (Lipinski definition) is 3. The van der Waals surface area contributed by atoms with Crippen LogP contribution in [0.25, 0.3) is 0 Å². The second-order valence-corrected chi connectivity index (χ2v) is 7.80. The van der Waals surface area contributed by atoms with Crippen LogP contribution in [0.15, 0.2) is 29.3 Å². The first kappa shape index (κ1) is 20.0. The van der Waals surface area contributed by atoms with Gasteiger partial charge in [-0.25, -0.2) is 0 Å². The number of likely N-dealkylation sites (N-methyl/N-ethyl adjacent to an activating group) is 1. The first-order valence-corrected chi connectivity index (χ1v) is 10.8. The van der Waals surface area contributed by atoms with Crippen LogP contribution in [0.2, 0.25) is 0 Å². The molecule has 3 rings (SSSR count). The van der Waals surface area contributed by atoms with Crippen molar-refractivity contribution in [3.05, 3.63) is 29.8 Å². The SMILES string of the molecule is CCNC(=NCC1CCCN1CC)NC(C)c1cccc(N2CCCC2)c1. The van der Waals surface area contributed by atoms with Crippen LogP contribution in [0.1, 0.15) is 58.1 Å². The third-order valence-corrected chi connectivity index (χ3v) is 5.90. The number of likely N-dealkylation sites (tertiary alicyclic amines) is 1. The maximum atomic E-state index is 4.90. The highest BCUT2D eigenvalue weighted by molar-refractivity contribution is 5.80. The van der Waals surface area contributed by atoms with Crippen LogP contribution in [-0.2, 0) is 0 Å². The Balaban J connectivity index is 1.63. The molecule has 2 aliphatic rings. The number of aliphatic imine (C=N–C) groups is 1. The fraction of sp³-hybridized carbons (Fsp3) is 0.682. The van der Waals surface area contributed by atoms with Crippen molar-refractivity contribution in [1.29, 1.82) is 0 Å². The highest BCUT2D eigenvalue weighted by Gasteiger charge is 2.22. The molecule has 0 bridgehead atoms. The Morgan fingerprint density at radius 2 is 2.00 bits per heavy atom. The van der Waals surface area contributed by atoms with E-state index < -0.39 is 0 Å². The Bertz CT molecular complexity index is 608. The maximum absolute atomic E-state index is 4.90. The summed E-state index contributed by atoms with van der Waals surface area (Å²) in [7, 11) is 0. The van der Waals surface area contributed by atoms with Gasteiger partial charge in [0.2, 0.25) is 0 Å². The number of rotatable bonds is 7. The predicted octanol–water partition coefficient (Wildman–Crippen LogP) is 3.39. The fourth-order valence-corrected chi connectivity index (χ4v) is 4.29. The highest BCUT2D eigenvalue weighted by Crippen LogP contribution is 2.24. The molecule has 1 aromatic carbocycles. The second-order valence-electron chi connectivity index (χ2n) is 7.80. The molecule has 2 unspecified atom stereocenters. The summed E-state index contributed by atoms with van der Waals surface area (Å²) in [4.78, 5) is 9.95. The number of nitrogens with one attached hydrogen (secondary N) is 2. The van der Waals surface area contributed by atoms with Gasteiger partial charge >= 0.3 is 0 Å². The lowest BCUT2D eigenvalue weighted by atomic mass is 10.1. The van der Waals surface area contributed by atoms with E-state index in [0.717, 1.165) is 25.6 Å². The number of guanidine groups is 1. The molecule has 0 radical (unpaired) electrons. The Kier molecular flexibility index (Phi) is 7.39. The molecular formula is C22H37N5. The summed E-state index contributed by atoms with van der Waals surface area (Å²) in [6.07, 6.45) is 5.19. The first-order valence-electron chi connectivity index (χ1n) is 10.8. The van der Waals surface area contributed by atoms with Crippen molar-refractivity contribution in [2.75, 3.05) is 44.2 Å². The van der Waals surface area contributed by atoms with Crippen LogP contribution >= 0.6 is 0 Å². The summed E-state index contributed by atoms with van der Waals surface area (Å²) >= 11 is 0. The van der Waals surface area contributed by atoms with Crippen LogP contribution in [-0.4, -0.2) is 56.2 Å². The molecule has 2 fully saturated rings. The van der Waals surface area contributed by atoms with E-state index in [1.807, 2.05) is 0 Å². The highest BCUT2D eigenvalue weighted by atomic mass is 15.2. The molecule has 0 aromatic heterocycles. The molecule has 2 atom stereocenters. The Hall–Kier alpha value is -1.75. The Morgan fingerprint density at radius 3 is 2.74 bits per heavy atom. The minimum Gasteiger partial charge on any atom is -0.372 e. The predicted molar refractivity (Wildman–Crippen MR) is 116 cm³/mol. The second kappa shape index (κ2) is 9.98. The molecule has 2 saturated heterocycles. The Morgan fingerprint density at radius 1 is 1.19 bits per heavy atom. The Labute approximate surface area is 165 Å². The molecule has 1 aromatic rings. The quantitative estimate of drug-likeness (QED) is 0.570. The van der Waals surface area contributed by atoms with Gasteiger partial charge in [0.25, 0.3) is 0 Å². The summed E-state index contributed by atoms with van der Waals surface area (Å²) in [5.41, 5.74) is 2.67. The third kappa shape index (κ3) is 5.38. The van der Waals surface area contributed by atoms with Crippen molar-refractivity contribution in [2.24, 2.45) is 4.99 Å². The van der Waals surface area contributed by atoms with Gasteiger partial charge in [-0.15, -0.1) is 0 Å². The molecule has 5 nitrogen and oxygen atoms in total. The van der Waals surface area contributed by atoms with Gasteiger partial charge in [0.15, 0.2) is 5.96 Å². The van der Waals surface area contributed by atoms with E-state index in [-0.39, 0.29) is 6.04 Å². The van der Waals surface area contributed by atoms with E-state index in [2.05, 4.69) is 65.5 Å². The molecule has 0 saturated carbocycles. The lowest BCUT2D eigenvalue weighted by molar-refractivity contribution is 0.273. The van der Waals surface area contributed by atoms with Gasteiger partial charge < -0.3 is 15.5 Å². The van der Waals surface area contributed by atoms with E-state index in [9.17, 15) is 0 Å². The minimum absolute atomic E-state index is 0.233. The topological polar surface area (TPSA) is 42.9 Å². The molecule has 2 heterocycles. The zero-order valence-electron chi connectivity index (χ0n) is 17.4. The third-order valence-electron chi connectivity index (χ3n) is 5.90. The number of anilines is 1. The largest absolute Gasteiger partial charge is 0.372 e. The van der Waals surface area contributed by atoms with Gasteiger partial charge in [0.05, 0.1) is 12.6 Å². The van der Waals surface area contributed by atoms with E-state index >= 15 is 0 Å². The fourth-order valence-electron chi connectivity index (χ4n) is 4.29. The van der Waals surface area contributed by atoms with Crippen molar-refractivity contribution >= 4 is 11.6 Å². The first-order chi connectivity index (χ1) is 13.2. The molecule has 150 valence electrons. The molecule has 0 aliphatic carbocycles. The average molecular weight is 372 g/mol. The average Bonchev–Trinajstić information content (AvgIpc) is 3.38. The molecular weight excluding hydrogens is 334 g/mol. The summed E-state index contributed by atoms with van der Waals surface area (Å²) in [5.74, 6) is 0.930. The number of benzene rings is 1. The maximum Gasteiger partial charge on any atom is 0.191 e. The molecule has 0 amide bonds. The molecule has 2 aliphatic heterocycles.